The molecule has 1 saturated heterocycles. The van der Waals surface area contributed by atoms with Gasteiger partial charge in [0.05, 0.1) is 5.56 Å². The van der Waals surface area contributed by atoms with Crippen LogP contribution in [0.2, 0.25) is 0 Å². The molecule has 0 radical (unpaired) electrons. The Labute approximate surface area is 125 Å². The Balaban J connectivity index is 2.15. The molecular formula is C14H17Br2NO. The van der Waals surface area contributed by atoms with Crippen molar-refractivity contribution < 1.29 is 4.79 Å². The third kappa shape index (κ3) is 2.97. The Morgan fingerprint density at radius 3 is 2.72 bits per heavy atom. The smallest absolute Gasteiger partial charge is 0.255 e. The van der Waals surface area contributed by atoms with E-state index in [9.17, 15) is 4.79 Å². The van der Waals surface area contributed by atoms with Crippen LogP contribution >= 0.6 is 31.9 Å². The maximum atomic E-state index is 12.5. The summed E-state index contributed by atoms with van der Waals surface area (Å²) in [6.07, 6.45) is 1.12. The number of benzene rings is 1. The molecular weight excluding hydrogens is 358 g/mol. The third-order valence-electron chi connectivity index (χ3n) is 3.61. The molecule has 98 valence electrons. The van der Waals surface area contributed by atoms with E-state index in [1.165, 1.54) is 0 Å². The molecule has 1 aromatic rings. The standard InChI is InChI=1S/C14H17Br2NO/c1-9(2)10-5-6-17(8-10)14(18)12-7-11(15)3-4-13(12)16/h3-4,7,9-10H,5-6,8H2,1-2H3. The largest absolute Gasteiger partial charge is 0.338 e. The molecule has 4 heteroatoms. The van der Waals surface area contributed by atoms with E-state index in [0.717, 1.165) is 34.0 Å². The molecule has 0 N–H and O–H groups in total. The minimum atomic E-state index is 0.131. The summed E-state index contributed by atoms with van der Waals surface area (Å²) in [7, 11) is 0. The zero-order valence-corrected chi connectivity index (χ0v) is 13.8. The molecule has 1 heterocycles. The van der Waals surface area contributed by atoms with Gasteiger partial charge in [-0.3, -0.25) is 4.79 Å². The summed E-state index contributed by atoms with van der Waals surface area (Å²) in [6, 6.07) is 5.73. The quantitative estimate of drug-likeness (QED) is 0.754. The molecule has 0 bridgehead atoms. The molecule has 2 nitrogen and oxygen atoms in total. The normalized spacial score (nSPS) is 19.6. The molecule has 0 saturated carbocycles. The lowest BCUT2D eigenvalue weighted by molar-refractivity contribution is 0.0783. The van der Waals surface area contributed by atoms with E-state index in [1.54, 1.807) is 0 Å². The number of rotatable bonds is 2. The van der Waals surface area contributed by atoms with Crippen LogP contribution in [0.5, 0.6) is 0 Å². The minimum Gasteiger partial charge on any atom is -0.338 e. The highest BCUT2D eigenvalue weighted by atomic mass is 79.9. The van der Waals surface area contributed by atoms with Crippen LogP contribution in [0, 0.1) is 11.8 Å². The lowest BCUT2D eigenvalue weighted by Gasteiger charge is -2.19. The van der Waals surface area contributed by atoms with Gasteiger partial charge in [-0.1, -0.05) is 29.8 Å². The molecule has 2 rings (SSSR count). The van der Waals surface area contributed by atoms with Crippen LogP contribution in [-0.2, 0) is 0 Å². The third-order valence-corrected chi connectivity index (χ3v) is 4.80. The van der Waals surface area contributed by atoms with Gasteiger partial charge in [0, 0.05) is 22.0 Å². The maximum Gasteiger partial charge on any atom is 0.255 e. The molecule has 0 aromatic heterocycles. The van der Waals surface area contributed by atoms with Gasteiger partial charge >= 0.3 is 0 Å². The van der Waals surface area contributed by atoms with E-state index in [2.05, 4.69) is 45.7 Å². The van der Waals surface area contributed by atoms with Gasteiger partial charge in [0.25, 0.3) is 5.91 Å². The zero-order chi connectivity index (χ0) is 13.3. The second-order valence-corrected chi connectivity index (χ2v) is 6.94. The molecule has 1 aromatic carbocycles. The number of halogens is 2. The molecule has 1 unspecified atom stereocenters. The van der Waals surface area contributed by atoms with Crippen LogP contribution in [0.1, 0.15) is 30.6 Å². The molecule has 0 spiro atoms. The van der Waals surface area contributed by atoms with Crippen molar-refractivity contribution in [1.29, 1.82) is 0 Å². The van der Waals surface area contributed by atoms with Gasteiger partial charge in [-0.2, -0.15) is 0 Å². The van der Waals surface area contributed by atoms with Crippen LogP contribution in [0.4, 0.5) is 0 Å². The van der Waals surface area contributed by atoms with Crippen LogP contribution in [0.25, 0.3) is 0 Å². The van der Waals surface area contributed by atoms with Gasteiger partial charge in [0.2, 0.25) is 0 Å². The molecule has 18 heavy (non-hydrogen) atoms. The average molecular weight is 375 g/mol. The first-order chi connectivity index (χ1) is 8.49. The van der Waals surface area contributed by atoms with Gasteiger partial charge < -0.3 is 4.90 Å². The molecule has 1 aliphatic heterocycles. The van der Waals surface area contributed by atoms with E-state index < -0.39 is 0 Å². The minimum absolute atomic E-state index is 0.131. The summed E-state index contributed by atoms with van der Waals surface area (Å²) in [6.45, 7) is 6.22. The van der Waals surface area contributed by atoms with Gasteiger partial charge in [-0.05, 0) is 52.4 Å². The first kappa shape index (κ1) is 14.1. The van der Waals surface area contributed by atoms with Crippen molar-refractivity contribution >= 4 is 37.8 Å². The highest BCUT2D eigenvalue weighted by Gasteiger charge is 2.29. The first-order valence-corrected chi connectivity index (χ1v) is 7.82. The average Bonchev–Trinajstić information content (AvgIpc) is 2.81. The number of amides is 1. The van der Waals surface area contributed by atoms with Crippen LogP contribution in [-0.4, -0.2) is 23.9 Å². The van der Waals surface area contributed by atoms with Crippen LogP contribution < -0.4 is 0 Å². The van der Waals surface area contributed by atoms with Crippen molar-refractivity contribution in [3.8, 4) is 0 Å². The summed E-state index contributed by atoms with van der Waals surface area (Å²) in [4.78, 5) is 14.4. The highest BCUT2D eigenvalue weighted by molar-refractivity contribution is 9.11. The first-order valence-electron chi connectivity index (χ1n) is 6.23. The van der Waals surface area contributed by atoms with Crippen LogP contribution in [0.15, 0.2) is 27.1 Å². The number of nitrogens with zero attached hydrogens (tertiary/aromatic N) is 1. The number of hydrogen-bond donors (Lipinski definition) is 0. The maximum absolute atomic E-state index is 12.5. The fourth-order valence-electron chi connectivity index (χ4n) is 2.35. The van der Waals surface area contributed by atoms with Crippen molar-refractivity contribution in [2.75, 3.05) is 13.1 Å². The zero-order valence-electron chi connectivity index (χ0n) is 10.6. The Kier molecular flexibility index (Phi) is 4.49. The summed E-state index contributed by atoms with van der Waals surface area (Å²) in [5.41, 5.74) is 0.744. The lowest BCUT2D eigenvalue weighted by atomic mass is 9.95. The van der Waals surface area contributed by atoms with E-state index in [4.69, 9.17) is 0 Å². The van der Waals surface area contributed by atoms with Gasteiger partial charge in [0.15, 0.2) is 0 Å². The Bertz CT molecular complexity index is 459. The second kappa shape index (κ2) is 5.74. The SMILES string of the molecule is CC(C)C1CCN(C(=O)c2cc(Br)ccc2Br)C1. The fourth-order valence-corrected chi connectivity index (χ4v) is 3.12. The van der Waals surface area contributed by atoms with E-state index in [1.807, 2.05) is 23.1 Å². The van der Waals surface area contributed by atoms with Gasteiger partial charge in [-0.25, -0.2) is 0 Å². The fraction of sp³-hybridized carbons (Fsp3) is 0.500. The van der Waals surface area contributed by atoms with E-state index >= 15 is 0 Å². The Morgan fingerprint density at radius 1 is 1.39 bits per heavy atom. The summed E-state index contributed by atoms with van der Waals surface area (Å²) < 4.78 is 1.80. The monoisotopic (exact) mass is 373 g/mol. The van der Waals surface area contributed by atoms with Gasteiger partial charge in [0.1, 0.15) is 0 Å². The van der Waals surface area contributed by atoms with Crippen molar-refractivity contribution in [3.63, 3.8) is 0 Å². The van der Waals surface area contributed by atoms with Crippen molar-refractivity contribution in [2.45, 2.75) is 20.3 Å². The summed E-state index contributed by atoms with van der Waals surface area (Å²) in [5.74, 6) is 1.42. The second-order valence-electron chi connectivity index (χ2n) is 5.17. The van der Waals surface area contributed by atoms with Crippen molar-refractivity contribution in [1.82, 2.24) is 4.90 Å². The molecule has 1 fully saturated rings. The molecule has 1 amide bonds. The lowest BCUT2D eigenvalue weighted by Crippen LogP contribution is -2.29. The molecule has 1 aliphatic rings. The molecule has 1 atom stereocenters. The van der Waals surface area contributed by atoms with E-state index in [0.29, 0.717) is 11.8 Å². The Hall–Kier alpha value is -0.350. The number of likely N-dealkylation sites (tertiary alicyclic amines) is 1. The topological polar surface area (TPSA) is 20.3 Å². The van der Waals surface area contributed by atoms with Gasteiger partial charge in [-0.15, -0.1) is 0 Å². The Morgan fingerprint density at radius 2 is 2.11 bits per heavy atom. The summed E-state index contributed by atoms with van der Waals surface area (Å²) >= 11 is 6.87. The summed E-state index contributed by atoms with van der Waals surface area (Å²) in [5, 5.41) is 0. The number of carbonyl (C=O) groups excluding carboxylic acids is 1. The van der Waals surface area contributed by atoms with Crippen molar-refractivity contribution in [2.24, 2.45) is 11.8 Å². The number of hydrogen-bond acceptors (Lipinski definition) is 1. The number of carbonyl (C=O) groups is 1. The predicted octanol–water partition coefficient (Wildman–Crippen LogP) is 4.33. The molecule has 0 aliphatic carbocycles. The highest BCUT2D eigenvalue weighted by Crippen LogP contribution is 2.28. The van der Waals surface area contributed by atoms with Crippen LogP contribution in [0.3, 0.4) is 0 Å². The predicted molar refractivity (Wildman–Crippen MR) is 80.7 cm³/mol. The van der Waals surface area contributed by atoms with E-state index in [-0.39, 0.29) is 5.91 Å². The van der Waals surface area contributed by atoms with Crippen molar-refractivity contribution in [3.05, 3.63) is 32.7 Å².